The van der Waals surface area contributed by atoms with Crippen LogP contribution >= 0.6 is 0 Å². The zero-order valence-corrected chi connectivity index (χ0v) is 8.28. The molecular formula is C9H11N2O4-. The lowest BCUT2D eigenvalue weighted by Gasteiger charge is -2.06. The van der Waals surface area contributed by atoms with Gasteiger partial charge in [0.25, 0.3) is 5.56 Å². The van der Waals surface area contributed by atoms with Gasteiger partial charge in [-0.2, -0.15) is 0 Å². The lowest BCUT2D eigenvalue weighted by atomic mass is 10.3. The first-order valence-electron chi connectivity index (χ1n) is 4.59. The van der Waals surface area contributed by atoms with Crippen molar-refractivity contribution in [3.8, 4) is 6.01 Å². The van der Waals surface area contributed by atoms with E-state index >= 15 is 0 Å². The minimum atomic E-state index is -0.843. The van der Waals surface area contributed by atoms with E-state index < -0.39 is 17.5 Å². The molecular weight excluding hydrogens is 200 g/mol. The van der Waals surface area contributed by atoms with E-state index in [-0.39, 0.29) is 12.3 Å². The van der Waals surface area contributed by atoms with E-state index in [9.17, 15) is 14.7 Å². The SMILES string of the molecule is CCCCOC(=O)c1cc(=O)[nH]c([O-])n1. The van der Waals surface area contributed by atoms with Crippen molar-refractivity contribution in [2.24, 2.45) is 0 Å². The first-order valence-corrected chi connectivity index (χ1v) is 4.59. The number of ether oxygens (including phenoxy) is 1. The largest absolute Gasteiger partial charge is 0.846 e. The second kappa shape index (κ2) is 5.14. The summed E-state index contributed by atoms with van der Waals surface area (Å²) in [5.41, 5.74) is -0.905. The summed E-state index contributed by atoms with van der Waals surface area (Å²) in [6, 6.07) is 0.0975. The summed E-state index contributed by atoms with van der Waals surface area (Å²) in [4.78, 5) is 27.3. The molecule has 1 N–H and O–H groups in total. The quantitative estimate of drug-likeness (QED) is 0.549. The molecule has 15 heavy (non-hydrogen) atoms. The van der Waals surface area contributed by atoms with Crippen LogP contribution in [0.3, 0.4) is 0 Å². The Hall–Kier alpha value is -1.85. The molecule has 1 heterocycles. The molecule has 0 saturated heterocycles. The average Bonchev–Trinajstić information content (AvgIpc) is 2.16. The number of esters is 1. The third-order valence-electron chi connectivity index (χ3n) is 1.66. The van der Waals surface area contributed by atoms with E-state index in [1.54, 1.807) is 0 Å². The second-order valence-corrected chi connectivity index (χ2v) is 2.93. The Kier molecular flexibility index (Phi) is 3.84. The highest BCUT2D eigenvalue weighted by atomic mass is 16.5. The highest BCUT2D eigenvalue weighted by molar-refractivity contribution is 5.87. The third-order valence-corrected chi connectivity index (χ3v) is 1.66. The van der Waals surface area contributed by atoms with Gasteiger partial charge in [-0.15, -0.1) is 0 Å². The predicted molar refractivity (Wildman–Crippen MR) is 49.5 cm³/mol. The molecule has 1 aromatic rings. The molecule has 0 radical (unpaired) electrons. The maximum Gasteiger partial charge on any atom is 0.357 e. The summed E-state index contributed by atoms with van der Waals surface area (Å²) >= 11 is 0. The van der Waals surface area contributed by atoms with Crippen LogP contribution in [0.5, 0.6) is 6.01 Å². The molecule has 0 aliphatic carbocycles. The van der Waals surface area contributed by atoms with E-state index in [2.05, 4.69) is 4.98 Å². The van der Waals surface area contributed by atoms with Gasteiger partial charge < -0.3 is 14.8 Å². The zero-order valence-electron chi connectivity index (χ0n) is 8.28. The van der Waals surface area contributed by atoms with Crippen LogP contribution in [0, 0.1) is 0 Å². The molecule has 0 aliphatic rings. The summed E-state index contributed by atoms with van der Waals surface area (Å²) in [7, 11) is 0. The monoisotopic (exact) mass is 211 g/mol. The van der Waals surface area contributed by atoms with Crippen molar-refractivity contribution in [2.75, 3.05) is 6.61 Å². The number of nitrogens with one attached hydrogen (secondary N) is 1. The molecule has 0 fully saturated rings. The van der Waals surface area contributed by atoms with Crippen LogP contribution in [0.25, 0.3) is 0 Å². The van der Waals surface area contributed by atoms with Crippen LogP contribution in [0.4, 0.5) is 0 Å². The predicted octanol–water partition coefficient (Wildman–Crippen LogP) is -0.200. The molecule has 82 valence electrons. The van der Waals surface area contributed by atoms with Crippen molar-refractivity contribution in [3.63, 3.8) is 0 Å². The molecule has 1 aromatic heterocycles. The van der Waals surface area contributed by atoms with Crippen LogP contribution < -0.4 is 10.7 Å². The number of unbranched alkanes of at least 4 members (excludes halogenated alkanes) is 1. The van der Waals surface area contributed by atoms with Crippen LogP contribution in [0.1, 0.15) is 30.3 Å². The van der Waals surface area contributed by atoms with Gasteiger partial charge in [0.15, 0.2) is 5.69 Å². The highest BCUT2D eigenvalue weighted by Crippen LogP contribution is 1.98. The number of carbonyl (C=O) groups is 1. The van der Waals surface area contributed by atoms with Crippen LogP contribution in [0.15, 0.2) is 10.9 Å². The number of hydrogen-bond donors (Lipinski definition) is 1. The summed E-state index contributed by atoms with van der Waals surface area (Å²) in [5, 5.41) is 10.8. The van der Waals surface area contributed by atoms with Crippen molar-refractivity contribution < 1.29 is 14.6 Å². The van der Waals surface area contributed by atoms with Gasteiger partial charge >= 0.3 is 5.97 Å². The molecule has 0 spiro atoms. The van der Waals surface area contributed by atoms with Crippen LogP contribution in [0.2, 0.25) is 0 Å². The molecule has 0 bridgehead atoms. The maximum atomic E-state index is 11.2. The first-order chi connectivity index (χ1) is 7.13. The second-order valence-electron chi connectivity index (χ2n) is 2.93. The zero-order chi connectivity index (χ0) is 11.3. The molecule has 0 amide bonds. The number of nitrogens with zero attached hydrogens (tertiary/aromatic N) is 1. The average molecular weight is 211 g/mol. The van der Waals surface area contributed by atoms with Gasteiger partial charge in [-0.3, -0.25) is 4.79 Å². The van der Waals surface area contributed by atoms with E-state index in [1.165, 1.54) is 0 Å². The van der Waals surface area contributed by atoms with E-state index in [1.807, 2.05) is 11.9 Å². The van der Waals surface area contributed by atoms with Gasteiger partial charge in [0.2, 0.25) is 0 Å². The van der Waals surface area contributed by atoms with Crippen molar-refractivity contribution in [1.29, 1.82) is 0 Å². The van der Waals surface area contributed by atoms with Gasteiger partial charge in [0, 0.05) is 6.07 Å². The molecule has 1 rings (SSSR count). The fraction of sp³-hybridized carbons (Fsp3) is 0.444. The Morgan fingerprint density at radius 3 is 3.00 bits per heavy atom. The minimum Gasteiger partial charge on any atom is -0.846 e. The number of H-pyrrole nitrogens is 1. The number of aromatic amines is 1. The van der Waals surface area contributed by atoms with Gasteiger partial charge in [-0.05, 0) is 6.42 Å². The Balaban J connectivity index is 2.69. The molecule has 6 heteroatoms. The van der Waals surface area contributed by atoms with Gasteiger partial charge in [-0.25, -0.2) is 9.78 Å². The maximum absolute atomic E-state index is 11.2. The summed E-state index contributed by atoms with van der Waals surface area (Å²) in [5.74, 6) is -0.744. The molecule has 0 atom stereocenters. The van der Waals surface area contributed by atoms with Gasteiger partial charge in [0.05, 0.1) is 12.6 Å². The molecule has 0 unspecified atom stereocenters. The standard InChI is InChI=1S/C9H12N2O4/c1-2-3-4-15-8(13)6-5-7(12)11-9(14)10-6/h5H,2-4H2,1H3,(H2,10,11,12,14)/p-1. The van der Waals surface area contributed by atoms with E-state index in [4.69, 9.17) is 4.74 Å². The summed E-state index contributed by atoms with van der Waals surface area (Å²) < 4.78 is 4.79. The molecule has 0 aliphatic heterocycles. The number of aromatic nitrogens is 2. The first kappa shape index (κ1) is 11.2. The van der Waals surface area contributed by atoms with Crippen molar-refractivity contribution in [1.82, 2.24) is 9.97 Å². The number of rotatable bonds is 4. The highest BCUT2D eigenvalue weighted by Gasteiger charge is 2.08. The van der Waals surface area contributed by atoms with Gasteiger partial charge in [0.1, 0.15) is 0 Å². The number of carbonyl (C=O) groups excluding carboxylic acids is 1. The van der Waals surface area contributed by atoms with Crippen molar-refractivity contribution in [2.45, 2.75) is 19.8 Å². The van der Waals surface area contributed by atoms with E-state index in [0.29, 0.717) is 0 Å². The van der Waals surface area contributed by atoms with Crippen molar-refractivity contribution >= 4 is 5.97 Å². The molecule has 0 saturated carbocycles. The van der Waals surface area contributed by atoms with Crippen molar-refractivity contribution in [3.05, 3.63) is 22.1 Å². The smallest absolute Gasteiger partial charge is 0.357 e. The molecule has 6 nitrogen and oxygen atoms in total. The van der Waals surface area contributed by atoms with Gasteiger partial charge in [-0.1, -0.05) is 13.3 Å². The summed E-state index contributed by atoms with van der Waals surface area (Å²) in [6.45, 7) is 2.22. The number of hydrogen-bond acceptors (Lipinski definition) is 5. The lowest BCUT2D eigenvalue weighted by molar-refractivity contribution is -0.282. The lowest BCUT2D eigenvalue weighted by Crippen LogP contribution is -2.17. The fourth-order valence-corrected chi connectivity index (χ4v) is 0.923. The summed E-state index contributed by atoms with van der Waals surface area (Å²) in [6.07, 6.45) is 1.63. The fourth-order valence-electron chi connectivity index (χ4n) is 0.923. The minimum absolute atomic E-state index is 0.250. The van der Waals surface area contributed by atoms with Crippen LogP contribution in [-0.2, 0) is 4.74 Å². The molecule has 0 aromatic carbocycles. The Bertz CT molecular complexity index is 399. The Labute approximate surface area is 85.9 Å². The third kappa shape index (κ3) is 3.41. The normalized spacial score (nSPS) is 9.93. The van der Waals surface area contributed by atoms with E-state index in [0.717, 1.165) is 18.9 Å². The Morgan fingerprint density at radius 1 is 1.67 bits per heavy atom. The topological polar surface area (TPSA) is 95.1 Å². The van der Waals surface area contributed by atoms with Crippen LogP contribution in [-0.4, -0.2) is 22.5 Å². The Morgan fingerprint density at radius 2 is 2.40 bits per heavy atom.